The van der Waals surface area contributed by atoms with E-state index < -0.39 is 0 Å². The van der Waals surface area contributed by atoms with E-state index in [4.69, 9.17) is 5.73 Å². The summed E-state index contributed by atoms with van der Waals surface area (Å²) < 4.78 is 16.5. The zero-order valence-electron chi connectivity index (χ0n) is 11.6. The van der Waals surface area contributed by atoms with Crippen LogP contribution in [0.4, 0.5) is 10.1 Å². The highest BCUT2D eigenvalue weighted by Crippen LogP contribution is 2.29. The van der Waals surface area contributed by atoms with Crippen LogP contribution in [-0.2, 0) is 6.54 Å². The molecule has 1 heterocycles. The summed E-state index contributed by atoms with van der Waals surface area (Å²) in [4.78, 5) is 4.64. The Morgan fingerprint density at radius 2 is 2.05 bits per heavy atom. The number of rotatable bonds is 3. The number of anilines is 1. The van der Waals surface area contributed by atoms with Crippen molar-refractivity contribution in [3.05, 3.63) is 46.7 Å². The summed E-state index contributed by atoms with van der Waals surface area (Å²) >= 11 is 3.45. The van der Waals surface area contributed by atoms with Crippen LogP contribution in [0.15, 0.2) is 40.9 Å². The second kappa shape index (κ2) is 5.48. The number of benzene rings is 2. The van der Waals surface area contributed by atoms with E-state index in [1.54, 1.807) is 6.07 Å². The standard InChI is InChI=1S/C16H15BrFN3/c1-2-5-21-15-9-12(18)3-4-14(15)20-16(21)10-6-11(17)8-13(19)7-10/h3-4,6-9H,2,5,19H2,1H3. The number of hydrogen-bond acceptors (Lipinski definition) is 2. The Labute approximate surface area is 130 Å². The van der Waals surface area contributed by atoms with Crippen molar-refractivity contribution >= 4 is 32.7 Å². The van der Waals surface area contributed by atoms with Crippen LogP contribution in [0.3, 0.4) is 0 Å². The van der Waals surface area contributed by atoms with Crippen molar-refractivity contribution in [1.29, 1.82) is 0 Å². The van der Waals surface area contributed by atoms with Crippen LogP contribution in [0.5, 0.6) is 0 Å². The lowest BCUT2D eigenvalue weighted by Crippen LogP contribution is -2.00. The van der Waals surface area contributed by atoms with Gasteiger partial charge in [0.1, 0.15) is 11.6 Å². The number of fused-ring (bicyclic) bond motifs is 1. The third kappa shape index (κ3) is 2.65. The average molecular weight is 348 g/mol. The second-order valence-electron chi connectivity index (χ2n) is 4.99. The lowest BCUT2D eigenvalue weighted by atomic mass is 10.2. The highest BCUT2D eigenvalue weighted by atomic mass is 79.9. The van der Waals surface area contributed by atoms with E-state index in [1.807, 2.05) is 22.8 Å². The molecule has 21 heavy (non-hydrogen) atoms. The molecule has 0 aliphatic heterocycles. The molecule has 0 fully saturated rings. The number of nitrogens with two attached hydrogens (primary N) is 1. The number of nitrogen functional groups attached to an aromatic ring is 1. The molecular weight excluding hydrogens is 333 g/mol. The maximum Gasteiger partial charge on any atom is 0.141 e. The van der Waals surface area contributed by atoms with Gasteiger partial charge in [0.15, 0.2) is 0 Å². The first-order valence-electron chi connectivity index (χ1n) is 6.80. The van der Waals surface area contributed by atoms with E-state index in [9.17, 15) is 4.39 Å². The first kappa shape index (κ1) is 14.1. The van der Waals surface area contributed by atoms with Gasteiger partial charge >= 0.3 is 0 Å². The van der Waals surface area contributed by atoms with Gasteiger partial charge in [0.05, 0.1) is 11.0 Å². The van der Waals surface area contributed by atoms with Gasteiger partial charge in [0, 0.05) is 22.3 Å². The largest absolute Gasteiger partial charge is 0.399 e. The van der Waals surface area contributed by atoms with Crippen LogP contribution in [0.1, 0.15) is 13.3 Å². The predicted octanol–water partition coefficient (Wildman–Crippen LogP) is 4.60. The van der Waals surface area contributed by atoms with Gasteiger partial charge in [0.25, 0.3) is 0 Å². The number of aromatic nitrogens is 2. The molecule has 0 aliphatic carbocycles. The SMILES string of the molecule is CCCn1c(-c2cc(N)cc(Br)c2)nc2ccc(F)cc21. The zero-order chi connectivity index (χ0) is 15.0. The quantitative estimate of drug-likeness (QED) is 0.703. The molecule has 0 aliphatic rings. The molecule has 0 saturated carbocycles. The highest BCUT2D eigenvalue weighted by molar-refractivity contribution is 9.10. The minimum absolute atomic E-state index is 0.250. The van der Waals surface area contributed by atoms with Gasteiger partial charge in [0.2, 0.25) is 0 Å². The first-order chi connectivity index (χ1) is 10.1. The third-order valence-corrected chi connectivity index (χ3v) is 3.79. The van der Waals surface area contributed by atoms with E-state index in [-0.39, 0.29) is 5.82 Å². The van der Waals surface area contributed by atoms with Crippen LogP contribution in [-0.4, -0.2) is 9.55 Å². The smallest absolute Gasteiger partial charge is 0.141 e. The number of halogens is 2. The molecule has 3 aromatic rings. The first-order valence-corrected chi connectivity index (χ1v) is 7.60. The summed E-state index contributed by atoms with van der Waals surface area (Å²) in [6.45, 7) is 2.87. The fourth-order valence-electron chi connectivity index (χ4n) is 2.51. The van der Waals surface area contributed by atoms with Crippen LogP contribution < -0.4 is 5.73 Å². The van der Waals surface area contributed by atoms with E-state index in [2.05, 4.69) is 27.8 Å². The molecule has 3 nitrogen and oxygen atoms in total. The van der Waals surface area contributed by atoms with Crippen molar-refractivity contribution in [2.75, 3.05) is 5.73 Å². The summed E-state index contributed by atoms with van der Waals surface area (Å²) in [5.41, 5.74) is 9.10. The molecule has 0 unspecified atom stereocenters. The lowest BCUT2D eigenvalue weighted by Gasteiger charge is -2.09. The van der Waals surface area contributed by atoms with Crippen molar-refractivity contribution < 1.29 is 4.39 Å². The van der Waals surface area contributed by atoms with Gasteiger partial charge in [-0.2, -0.15) is 0 Å². The van der Waals surface area contributed by atoms with Crippen LogP contribution in [0.25, 0.3) is 22.4 Å². The molecule has 0 radical (unpaired) electrons. The van der Waals surface area contributed by atoms with Gasteiger partial charge < -0.3 is 10.3 Å². The summed E-state index contributed by atoms with van der Waals surface area (Å²) in [5.74, 6) is 0.561. The monoisotopic (exact) mass is 347 g/mol. The fraction of sp³-hybridized carbons (Fsp3) is 0.188. The molecular formula is C16H15BrFN3. The number of nitrogens with zero attached hydrogens (tertiary/aromatic N) is 2. The van der Waals surface area contributed by atoms with Gasteiger partial charge in [-0.05, 0) is 42.8 Å². The summed E-state index contributed by atoms with van der Waals surface area (Å²) in [6.07, 6.45) is 0.943. The number of hydrogen-bond donors (Lipinski definition) is 1. The molecule has 0 amide bonds. The molecule has 3 rings (SSSR count). The van der Waals surface area contributed by atoms with E-state index in [0.717, 1.165) is 39.9 Å². The molecule has 5 heteroatoms. The van der Waals surface area contributed by atoms with Gasteiger partial charge in [-0.1, -0.05) is 22.9 Å². The minimum atomic E-state index is -0.250. The minimum Gasteiger partial charge on any atom is -0.399 e. The molecule has 0 atom stereocenters. The summed E-state index contributed by atoms with van der Waals surface area (Å²) in [7, 11) is 0. The normalized spacial score (nSPS) is 11.2. The van der Waals surface area contributed by atoms with E-state index in [0.29, 0.717) is 5.69 Å². The number of imidazole rings is 1. The Hall–Kier alpha value is -1.88. The Morgan fingerprint density at radius 1 is 1.24 bits per heavy atom. The molecule has 2 N–H and O–H groups in total. The van der Waals surface area contributed by atoms with E-state index >= 15 is 0 Å². The third-order valence-electron chi connectivity index (χ3n) is 3.34. The van der Waals surface area contributed by atoms with Crippen molar-refractivity contribution in [2.24, 2.45) is 0 Å². The van der Waals surface area contributed by atoms with Crippen molar-refractivity contribution in [3.8, 4) is 11.4 Å². The maximum atomic E-state index is 13.5. The summed E-state index contributed by atoms with van der Waals surface area (Å²) in [5, 5.41) is 0. The van der Waals surface area contributed by atoms with Gasteiger partial charge in [-0.25, -0.2) is 9.37 Å². The molecule has 108 valence electrons. The Kier molecular flexibility index (Phi) is 3.68. The molecule has 1 aromatic heterocycles. The predicted molar refractivity (Wildman–Crippen MR) is 87.5 cm³/mol. The second-order valence-corrected chi connectivity index (χ2v) is 5.91. The Morgan fingerprint density at radius 3 is 2.76 bits per heavy atom. The van der Waals surface area contributed by atoms with Crippen molar-refractivity contribution in [3.63, 3.8) is 0 Å². The molecule has 2 aromatic carbocycles. The molecule has 0 spiro atoms. The Bertz CT molecular complexity index is 790. The summed E-state index contributed by atoms with van der Waals surface area (Å²) in [6, 6.07) is 10.4. The molecule has 0 saturated heterocycles. The molecule has 0 bridgehead atoms. The average Bonchev–Trinajstić information content (AvgIpc) is 2.77. The van der Waals surface area contributed by atoms with Crippen molar-refractivity contribution in [1.82, 2.24) is 9.55 Å². The van der Waals surface area contributed by atoms with E-state index in [1.165, 1.54) is 12.1 Å². The maximum absolute atomic E-state index is 13.5. The zero-order valence-corrected chi connectivity index (χ0v) is 13.2. The van der Waals surface area contributed by atoms with Crippen LogP contribution >= 0.6 is 15.9 Å². The van der Waals surface area contributed by atoms with Gasteiger partial charge in [-0.3, -0.25) is 0 Å². The van der Waals surface area contributed by atoms with Gasteiger partial charge in [-0.15, -0.1) is 0 Å². The number of aryl methyl sites for hydroxylation is 1. The topological polar surface area (TPSA) is 43.8 Å². The van der Waals surface area contributed by atoms with Crippen LogP contribution in [0.2, 0.25) is 0 Å². The fourth-order valence-corrected chi connectivity index (χ4v) is 3.02. The highest BCUT2D eigenvalue weighted by Gasteiger charge is 2.13. The Balaban J connectivity index is 2.27. The van der Waals surface area contributed by atoms with Crippen LogP contribution in [0, 0.1) is 5.82 Å². The van der Waals surface area contributed by atoms with Crippen molar-refractivity contribution in [2.45, 2.75) is 19.9 Å². The lowest BCUT2D eigenvalue weighted by molar-refractivity contribution is 0.627.